The SMILES string of the molecule is CC(C)(O)C(NC(=O)Nc1cc2[nH]nc(N3CCOCC3)c2cn1)c1ccc(F)cc1. The number of aromatic nitrogens is 3. The normalized spacial score (nSPS) is 15.7. The summed E-state index contributed by atoms with van der Waals surface area (Å²) < 4.78 is 18.6. The number of carbonyl (C=O) groups excluding carboxylic acids is 1. The number of rotatable bonds is 5. The highest BCUT2D eigenvalue weighted by Crippen LogP contribution is 2.27. The van der Waals surface area contributed by atoms with Gasteiger partial charge in [-0.05, 0) is 31.5 Å². The molecule has 2 amide bonds. The third-order valence-corrected chi connectivity index (χ3v) is 5.16. The number of nitrogens with zero attached hydrogens (tertiary/aromatic N) is 3. The van der Waals surface area contributed by atoms with Crippen molar-refractivity contribution in [3.05, 3.63) is 47.9 Å². The molecule has 0 bridgehead atoms. The number of halogens is 1. The number of aromatic amines is 1. The largest absolute Gasteiger partial charge is 0.388 e. The Balaban J connectivity index is 1.48. The summed E-state index contributed by atoms with van der Waals surface area (Å²) in [6, 6.07) is 6.03. The summed E-state index contributed by atoms with van der Waals surface area (Å²) in [6.07, 6.45) is 1.66. The van der Waals surface area contributed by atoms with Crippen molar-refractivity contribution in [2.45, 2.75) is 25.5 Å². The Morgan fingerprint density at radius 2 is 2.00 bits per heavy atom. The van der Waals surface area contributed by atoms with E-state index in [4.69, 9.17) is 4.74 Å². The molecule has 1 aromatic carbocycles. The molecule has 0 radical (unpaired) electrons. The standard InChI is InChI=1S/C21H25FN6O3/c1-21(2,30)18(13-3-5-14(22)6-4-13)25-20(29)24-17-11-16-15(12-23-17)19(27-26-16)28-7-9-31-10-8-28/h3-6,11-12,18,30H,7-10H2,1-2H3,(H,26,27)(H2,23,24,25,29). The lowest BCUT2D eigenvalue weighted by atomic mass is 9.92. The van der Waals surface area contributed by atoms with Crippen LogP contribution in [0.4, 0.5) is 20.8 Å². The number of hydrogen-bond donors (Lipinski definition) is 4. The van der Waals surface area contributed by atoms with Gasteiger partial charge in [-0.25, -0.2) is 14.2 Å². The van der Waals surface area contributed by atoms with Crippen molar-refractivity contribution < 1.29 is 19.0 Å². The predicted molar refractivity (Wildman–Crippen MR) is 115 cm³/mol. The van der Waals surface area contributed by atoms with Crippen LogP contribution in [0.1, 0.15) is 25.5 Å². The molecule has 4 N–H and O–H groups in total. The second-order valence-electron chi connectivity index (χ2n) is 8.00. The van der Waals surface area contributed by atoms with Gasteiger partial charge in [0.2, 0.25) is 0 Å². The lowest BCUT2D eigenvalue weighted by Gasteiger charge is -2.30. The second kappa shape index (κ2) is 8.48. The third-order valence-electron chi connectivity index (χ3n) is 5.16. The van der Waals surface area contributed by atoms with E-state index in [1.165, 1.54) is 24.3 Å². The molecule has 10 heteroatoms. The van der Waals surface area contributed by atoms with E-state index in [1.54, 1.807) is 26.1 Å². The number of aliphatic hydroxyl groups is 1. The number of nitrogens with one attached hydrogen (secondary N) is 3. The molecule has 2 aromatic heterocycles. The van der Waals surface area contributed by atoms with Crippen LogP contribution in [-0.4, -0.2) is 58.2 Å². The van der Waals surface area contributed by atoms with Crippen molar-refractivity contribution in [1.29, 1.82) is 0 Å². The molecular weight excluding hydrogens is 403 g/mol. The molecule has 1 aliphatic rings. The Labute approximate surface area is 178 Å². The van der Waals surface area contributed by atoms with Crippen LogP contribution in [0.15, 0.2) is 36.5 Å². The molecule has 3 aromatic rings. The molecule has 0 spiro atoms. The molecule has 1 aliphatic heterocycles. The first-order valence-electron chi connectivity index (χ1n) is 10.0. The van der Waals surface area contributed by atoms with Crippen molar-refractivity contribution in [3.63, 3.8) is 0 Å². The minimum atomic E-state index is -1.27. The summed E-state index contributed by atoms with van der Waals surface area (Å²) in [6.45, 7) is 5.96. The van der Waals surface area contributed by atoms with E-state index in [9.17, 15) is 14.3 Å². The Hall–Kier alpha value is -3.24. The predicted octanol–water partition coefficient (Wildman–Crippen LogP) is 2.57. The van der Waals surface area contributed by atoms with Crippen LogP contribution < -0.4 is 15.5 Å². The second-order valence-corrected chi connectivity index (χ2v) is 8.00. The first kappa shape index (κ1) is 21.0. The lowest BCUT2D eigenvalue weighted by Crippen LogP contribution is -2.44. The van der Waals surface area contributed by atoms with Gasteiger partial charge in [0.25, 0.3) is 0 Å². The number of carbonyl (C=O) groups is 1. The Kier molecular flexibility index (Phi) is 5.75. The van der Waals surface area contributed by atoms with E-state index in [1.807, 2.05) is 0 Å². The third kappa shape index (κ3) is 4.75. The van der Waals surface area contributed by atoms with Gasteiger partial charge in [0.15, 0.2) is 5.82 Å². The number of H-pyrrole nitrogens is 1. The van der Waals surface area contributed by atoms with E-state index < -0.39 is 23.5 Å². The zero-order chi connectivity index (χ0) is 22.0. The summed E-state index contributed by atoms with van der Waals surface area (Å²) in [7, 11) is 0. The van der Waals surface area contributed by atoms with Crippen molar-refractivity contribution in [2.24, 2.45) is 0 Å². The molecule has 164 valence electrons. The maximum atomic E-state index is 13.3. The first-order valence-corrected chi connectivity index (χ1v) is 10.0. The topological polar surface area (TPSA) is 115 Å². The van der Waals surface area contributed by atoms with Gasteiger partial charge >= 0.3 is 6.03 Å². The van der Waals surface area contributed by atoms with Crippen molar-refractivity contribution in [1.82, 2.24) is 20.5 Å². The number of pyridine rings is 1. The molecule has 31 heavy (non-hydrogen) atoms. The number of anilines is 2. The number of benzene rings is 1. The molecule has 1 saturated heterocycles. The highest BCUT2D eigenvalue weighted by molar-refractivity contribution is 5.94. The minimum absolute atomic E-state index is 0.329. The molecule has 3 heterocycles. The van der Waals surface area contributed by atoms with Gasteiger partial charge in [-0.1, -0.05) is 12.1 Å². The molecule has 4 rings (SSSR count). The van der Waals surface area contributed by atoms with Gasteiger partial charge in [-0.15, -0.1) is 0 Å². The van der Waals surface area contributed by atoms with Gasteiger partial charge in [0.05, 0.1) is 35.8 Å². The van der Waals surface area contributed by atoms with E-state index >= 15 is 0 Å². The quantitative estimate of drug-likeness (QED) is 0.497. The summed E-state index contributed by atoms with van der Waals surface area (Å²) in [5.41, 5.74) is 0.0451. The molecule has 0 aliphatic carbocycles. The van der Waals surface area contributed by atoms with Crippen LogP contribution in [0, 0.1) is 5.82 Å². The molecule has 1 atom stereocenters. The van der Waals surface area contributed by atoms with Crippen LogP contribution in [0.5, 0.6) is 0 Å². The van der Waals surface area contributed by atoms with Gasteiger partial charge in [-0.2, -0.15) is 5.10 Å². The highest BCUT2D eigenvalue weighted by Gasteiger charge is 2.30. The Morgan fingerprint density at radius 1 is 1.29 bits per heavy atom. The van der Waals surface area contributed by atoms with Gasteiger partial charge < -0.3 is 20.1 Å². The maximum Gasteiger partial charge on any atom is 0.320 e. The Morgan fingerprint density at radius 3 is 2.68 bits per heavy atom. The van der Waals surface area contributed by atoms with E-state index in [0.717, 1.165) is 29.8 Å². The monoisotopic (exact) mass is 428 g/mol. The van der Waals surface area contributed by atoms with Crippen molar-refractivity contribution in [3.8, 4) is 0 Å². The number of ether oxygens (including phenoxy) is 1. The van der Waals surface area contributed by atoms with Gasteiger partial charge in [-0.3, -0.25) is 10.4 Å². The average Bonchev–Trinajstić information content (AvgIpc) is 3.16. The Bertz CT molecular complexity index is 1060. The van der Waals surface area contributed by atoms with E-state index in [0.29, 0.717) is 24.6 Å². The van der Waals surface area contributed by atoms with Crippen molar-refractivity contribution in [2.75, 3.05) is 36.5 Å². The lowest BCUT2D eigenvalue weighted by molar-refractivity contribution is 0.0415. The fourth-order valence-corrected chi connectivity index (χ4v) is 3.59. The van der Waals surface area contributed by atoms with Gasteiger partial charge in [0, 0.05) is 25.4 Å². The number of fused-ring (bicyclic) bond motifs is 1. The van der Waals surface area contributed by atoms with Crippen LogP contribution in [0.3, 0.4) is 0 Å². The molecule has 9 nitrogen and oxygen atoms in total. The highest BCUT2D eigenvalue weighted by atomic mass is 19.1. The number of hydrogen-bond acceptors (Lipinski definition) is 6. The van der Waals surface area contributed by atoms with Crippen LogP contribution in [0.2, 0.25) is 0 Å². The summed E-state index contributed by atoms with van der Waals surface area (Å²) in [4.78, 5) is 19.1. The zero-order valence-electron chi connectivity index (χ0n) is 17.4. The fraction of sp³-hybridized carbons (Fsp3) is 0.381. The molecular formula is C21H25FN6O3. The van der Waals surface area contributed by atoms with Gasteiger partial charge in [0.1, 0.15) is 11.6 Å². The van der Waals surface area contributed by atoms with Crippen LogP contribution >= 0.6 is 0 Å². The fourth-order valence-electron chi connectivity index (χ4n) is 3.59. The number of amides is 2. The number of morpholine rings is 1. The van der Waals surface area contributed by atoms with E-state index in [-0.39, 0.29) is 0 Å². The smallest absolute Gasteiger partial charge is 0.320 e. The summed E-state index contributed by atoms with van der Waals surface area (Å²) in [5, 5.41) is 24.1. The molecule has 1 unspecified atom stereocenters. The first-order chi connectivity index (χ1) is 14.8. The molecule has 0 saturated carbocycles. The zero-order valence-corrected chi connectivity index (χ0v) is 17.4. The van der Waals surface area contributed by atoms with Crippen LogP contribution in [-0.2, 0) is 4.74 Å². The summed E-state index contributed by atoms with van der Waals surface area (Å²) >= 11 is 0. The average molecular weight is 428 g/mol. The van der Waals surface area contributed by atoms with Crippen LogP contribution in [0.25, 0.3) is 10.9 Å². The van der Waals surface area contributed by atoms with Crippen molar-refractivity contribution >= 4 is 28.6 Å². The molecule has 1 fully saturated rings. The minimum Gasteiger partial charge on any atom is -0.388 e. The number of urea groups is 1. The maximum absolute atomic E-state index is 13.3. The summed E-state index contributed by atoms with van der Waals surface area (Å²) in [5.74, 6) is 0.743. The van der Waals surface area contributed by atoms with E-state index in [2.05, 4.69) is 30.7 Å².